The number of hydrogen-bond acceptors (Lipinski definition) is 5. The summed E-state index contributed by atoms with van der Waals surface area (Å²) in [5.74, 6) is -0.0582. The molecule has 136 valence electrons. The van der Waals surface area contributed by atoms with Crippen molar-refractivity contribution in [2.75, 3.05) is 16.4 Å². The van der Waals surface area contributed by atoms with Gasteiger partial charge in [0.2, 0.25) is 0 Å². The van der Waals surface area contributed by atoms with Gasteiger partial charge >= 0.3 is 0 Å². The van der Waals surface area contributed by atoms with E-state index in [1.54, 1.807) is 12.1 Å². The largest absolute Gasteiger partial charge is 0.316 e. The third-order valence-electron chi connectivity index (χ3n) is 4.28. The maximum Gasteiger partial charge on any atom is 0.253 e. The van der Waals surface area contributed by atoms with Crippen LogP contribution in [0.4, 0.5) is 5.69 Å². The average molecular weight is 427 g/mol. The highest BCUT2D eigenvalue weighted by Crippen LogP contribution is 2.41. The summed E-state index contributed by atoms with van der Waals surface area (Å²) in [5, 5.41) is 2.92. The van der Waals surface area contributed by atoms with Crippen LogP contribution >= 0.6 is 34.7 Å². The predicted octanol–water partition coefficient (Wildman–Crippen LogP) is 3.25. The summed E-state index contributed by atoms with van der Waals surface area (Å²) in [6, 6.07) is 10.8. The number of amidine groups is 1. The fraction of sp³-hybridized carbons (Fsp3) is 0.294. The van der Waals surface area contributed by atoms with Crippen LogP contribution in [0.1, 0.15) is 4.88 Å². The fourth-order valence-electron chi connectivity index (χ4n) is 3.20. The molecule has 4 rings (SSSR count). The number of benzene rings is 1. The monoisotopic (exact) mass is 426 g/mol. The van der Waals surface area contributed by atoms with E-state index in [4.69, 9.17) is 11.6 Å². The van der Waals surface area contributed by atoms with Crippen molar-refractivity contribution in [2.24, 2.45) is 4.99 Å². The van der Waals surface area contributed by atoms with Gasteiger partial charge in [-0.05, 0) is 29.6 Å². The molecule has 2 aliphatic rings. The zero-order valence-corrected chi connectivity index (χ0v) is 16.7. The molecule has 2 atom stereocenters. The van der Waals surface area contributed by atoms with E-state index in [9.17, 15) is 13.2 Å². The number of thioether (sulfide) groups is 1. The lowest BCUT2D eigenvalue weighted by Gasteiger charge is -2.24. The minimum absolute atomic E-state index is 0.0648. The zero-order chi connectivity index (χ0) is 18.3. The highest BCUT2D eigenvalue weighted by atomic mass is 35.5. The Balaban J connectivity index is 1.67. The number of anilines is 1. The molecule has 0 spiro atoms. The molecule has 2 fully saturated rings. The lowest BCUT2D eigenvalue weighted by molar-refractivity contribution is -0.117. The van der Waals surface area contributed by atoms with Gasteiger partial charge < -0.3 is 4.90 Å². The number of aliphatic imine (C=N–C) groups is 1. The van der Waals surface area contributed by atoms with Crippen LogP contribution in [0, 0.1) is 0 Å². The van der Waals surface area contributed by atoms with Gasteiger partial charge in [-0.15, -0.1) is 11.3 Å². The van der Waals surface area contributed by atoms with Crippen LogP contribution in [-0.2, 0) is 21.1 Å². The SMILES string of the molecule is O=C(Cc1cccs1)N=C1S[C@H]2CS(=O)(=O)C[C@H]2N1c1cccc(Cl)c1. The van der Waals surface area contributed by atoms with E-state index >= 15 is 0 Å². The van der Waals surface area contributed by atoms with Crippen molar-refractivity contribution in [1.29, 1.82) is 0 Å². The molecule has 0 saturated carbocycles. The number of sulfone groups is 1. The van der Waals surface area contributed by atoms with E-state index in [1.807, 2.05) is 34.5 Å². The van der Waals surface area contributed by atoms with Crippen LogP contribution in [-0.4, -0.2) is 42.3 Å². The van der Waals surface area contributed by atoms with Gasteiger partial charge in [-0.3, -0.25) is 4.79 Å². The molecule has 0 bridgehead atoms. The van der Waals surface area contributed by atoms with E-state index in [-0.39, 0.29) is 35.1 Å². The zero-order valence-electron chi connectivity index (χ0n) is 13.5. The van der Waals surface area contributed by atoms with Crippen LogP contribution in [0.2, 0.25) is 5.02 Å². The molecule has 0 aliphatic carbocycles. The standard InChI is InChI=1S/C17H15ClN2O3S3/c18-11-3-1-4-12(7-11)20-14-9-26(22,23)10-15(14)25-17(20)19-16(21)8-13-5-2-6-24-13/h1-7,14-15H,8-10H2/t14-,15+/m1/s1. The summed E-state index contributed by atoms with van der Waals surface area (Å²) in [6.07, 6.45) is 0.249. The maximum absolute atomic E-state index is 12.4. The van der Waals surface area contributed by atoms with Gasteiger partial charge in [-0.1, -0.05) is 35.5 Å². The molecule has 1 aromatic carbocycles. The first kappa shape index (κ1) is 18.0. The van der Waals surface area contributed by atoms with E-state index < -0.39 is 9.84 Å². The number of carbonyl (C=O) groups is 1. The van der Waals surface area contributed by atoms with E-state index in [1.165, 1.54) is 23.1 Å². The van der Waals surface area contributed by atoms with Crippen LogP contribution in [0.15, 0.2) is 46.8 Å². The first-order valence-electron chi connectivity index (χ1n) is 7.97. The minimum atomic E-state index is -3.08. The van der Waals surface area contributed by atoms with E-state index in [2.05, 4.69) is 4.99 Å². The number of amides is 1. The van der Waals surface area contributed by atoms with E-state index in [0.29, 0.717) is 10.2 Å². The summed E-state index contributed by atoms with van der Waals surface area (Å²) in [4.78, 5) is 19.5. The first-order valence-corrected chi connectivity index (χ1v) is 11.9. The maximum atomic E-state index is 12.4. The van der Waals surface area contributed by atoms with Gasteiger partial charge in [0.1, 0.15) is 0 Å². The van der Waals surface area contributed by atoms with Crippen molar-refractivity contribution in [3.05, 3.63) is 51.7 Å². The molecule has 5 nitrogen and oxygen atoms in total. The molecule has 1 amide bonds. The topological polar surface area (TPSA) is 66.8 Å². The molecular weight excluding hydrogens is 412 g/mol. The highest BCUT2D eigenvalue weighted by Gasteiger charge is 2.49. The Morgan fingerprint density at radius 2 is 2.12 bits per heavy atom. The molecule has 1 aromatic heterocycles. The first-order chi connectivity index (χ1) is 12.4. The van der Waals surface area contributed by atoms with Crippen molar-refractivity contribution < 1.29 is 13.2 Å². The van der Waals surface area contributed by atoms with Crippen LogP contribution < -0.4 is 4.90 Å². The molecule has 0 radical (unpaired) electrons. The van der Waals surface area contributed by atoms with Crippen LogP contribution in [0.3, 0.4) is 0 Å². The Morgan fingerprint density at radius 1 is 1.27 bits per heavy atom. The molecule has 2 aliphatic heterocycles. The second-order valence-corrected chi connectivity index (χ2v) is 11.0. The number of halogens is 1. The number of thiophene rings is 1. The van der Waals surface area contributed by atoms with Gasteiger partial charge in [0.25, 0.3) is 5.91 Å². The summed E-state index contributed by atoms with van der Waals surface area (Å²) < 4.78 is 24.1. The summed E-state index contributed by atoms with van der Waals surface area (Å²) in [6.45, 7) is 0. The Morgan fingerprint density at radius 3 is 2.85 bits per heavy atom. The minimum Gasteiger partial charge on any atom is -0.316 e. The Labute approximate surface area is 165 Å². The fourth-order valence-corrected chi connectivity index (χ4v) is 8.01. The predicted molar refractivity (Wildman–Crippen MR) is 108 cm³/mol. The molecule has 0 N–H and O–H groups in total. The van der Waals surface area contributed by atoms with E-state index in [0.717, 1.165) is 10.6 Å². The van der Waals surface area contributed by atoms with Gasteiger partial charge in [0.15, 0.2) is 15.0 Å². The molecule has 2 saturated heterocycles. The molecule has 0 unspecified atom stereocenters. The Bertz CT molecular complexity index is 973. The second-order valence-electron chi connectivity index (χ2n) is 6.19. The molecule has 2 aromatic rings. The van der Waals surface area contributed by atoms with Crippen LogP contribution in [0.25, 0.3) is 0 Å². The average Bonchev–Trinajstić information content (AvgIpc) is 3.22. The quantitative estimate of drug-likeness (QED) is 0.753. The molecule has 9 heteroatoms. The third-order valence-corrected chi connectivity index (χ3v) is 8.60. The lowest BCUT2D eigenvalue weighted by Crippen LogP contribution is -2.37. The molecule has 26 heavy (non-hydrogen) atoms. The number of carbonyl (C=O) groups excluding carboxylic acids is 1. The van der Waals surface area contributed by atoms with Crippen molar-refractivity contribution in [3.63, 3.8) is 0 Å². The van der Waals surface area contributed by atoms with Gasteiger partial charge in [-0.25, -0.2) is 8.42 Å². The van der Waals surface area contributed by atoms with Gasteiger partial charge in [0, 0.05) is 20.8 Å². The van der Waals surface area contributed by atoms with Crippen molar-refractivity contribution in [2.45, 2.75) is 17.7 Å². The molecular formula is C17H15ClN2O3S3. The number of nitrogens with zero attached hydrogens (tertiary/aromatic N) is 2. The Hall–Kier alpha value is -1.35. The Kier molecular flexibility index (Phi) is 4.85. The smallest absolute Gasteiger partial charge is 0.253 e. The van der Waals surface area contributed by atoms with Crippen LogP contribution in [0.5, 0.6) is 0 Å². The normalized spacial score (nSPS) is 25.6. The van der Waals surface area contributed by atoms with Crippen molar-refractivity contribution >= 4 is 61.3 Å². The third kappa shape index (κ3) is 3.69. The number of hydrogen-bond donors (Lipinski definition) is 0. The second kappa shape index (κ2) is 6.99. The van der Waals surface area contributed by atoms with Crippen molar-refractivity contribution in [3.8, 4) is 0 Å². The van der Waals surface area contributed by atoms with Gasteiger partial charge in [0.05, 0.1) is 24.0 Å². The number of fused-ring (bicyclic) bond motifs is 1. The molecule has 3 heterocycles. The summed E-state index contributed by atoms with van der Waals surface area (Å²) in [5.41, 5.74) is 0.761. The van der Waals surface area contributed by atoms with Crippen molar-refractivity contribution in [1.82, 2.24) is 0 Å². The summed E-state index contributed by atoms with van der Waals surface area (Å²) in [7, 11) is -3.08. The summed E-state index contributed by atoms with van der Waals surface area (Å²) >= 11 is 9.00. The lowest BCUT2D eigenvalue weighted by atomic mass is 10.2. The number of rotatable bonds is 3. The highest BCUT2D eigenvalue weighted by molar-refractivity contribution is 8.16. The van der Waals surface area contributed by atoms with Gasteiger partial charge in [-0.2, -0.15) is 4.99 Å².